The zero-order valence-electron chi connectivity index (χ0n) is 10.2. The fourth-order valence-electron chi connectivity index (χ4n) is 1.56. The van der Waals surface area contributed by atoms with Crippen LogP contribution in [0, 0.1) is 10.1 Å². The Balaban J connectivity index is 2.44. The van der Waals surface area contributed by atoms with E-state index in [2.05, 4.69) is 0 Å². The predicted octanol–water partition coefficient (Wildman–Crippen LogP) is 4.39. The molecule has 21 heavy (non-hydrogen) atoms. The van der Waals surface area contributed by atoms with E-state index < -0.39 is 16.6 Å². The number of ether oxygens (including phenoxy) is 1. The molecule has 108 valence electrons. The Hall–Kier alpha value is -2.31. The number of nitrogens with zero attached hydrogens (tertiary/aromatic N) is 1. The quantitative estimate of drug-likeness (QED) is 0.664. The monoisotopic (exact) mass is 327 g/mol. The van der Waals surface area contributed by atoms with E-state index in [-0.39, 0.29) is 22.1 Å². The summed E-state index contributed by atoms with van der Waals surface area (Å²) in [5, 5.41) is 20.4. The fourth-order valence-corrected chi connectivity index (χ4v) is 2.00. The maximum atomic E-state index is 11.0. The van der Waals surface area contributed by atoms with E-state index in [9.17, 15) is 14.9 Å². The number of carboxylic acids is 1. The molecule has 2 aromatic rings. The zero-order valence-corrected chi connectivity index (χ0v) is 11.8. The minimum Gasteiger partial charge on any atom is -0.478 e. The van der Waals surface area contributed by atoms with Crippen molar-refractivity contribution in [2.24, 2.45) is 0 Å². The lowest BCUT2D eigenvalue weighted by atomic mass is 10.2. The Labute approximate surface area is 128 Å². The van der Waals surface area contributed by atoms with Gasteiger partial charge in [0.2, 0.25) is 5.75 Å². The lowest BCUT2D eigenvalue weighted by Gasteiger charge is -2.08. The van der Waals surface area contributed by atoms with E-state index in [0.29, 0.717) is 5.02 Å². The first-order valence-corrected chi connectivity index (χ1v) is 6.28. The van der Waals surface area contributed by atoms with Gasteiger partial charge < -0.3 is 9.84 Å². The lowest BCUT2D eigenvalue weighted by molar-refractivity contribution is -0.385. The molecular weight excluding hydrogens is 321 g/mol. The van der Waals surface area contributed by atoms with Gasteiger partial charge in [0.1, 0.15) is 5.75 Å². The number of hydrogen-bond acceptors (Lipinski definition) is 4. The van der Waals surface area contributed by atoms with E-state index in [1.165, 1.54) is 30.3 Å². The van der Waals surface area contributed by atoms with Crippen LogP contribution in [0.15, 0.2) is 36.4 Å². The van der Waals surface area contributed by atoms with Crippen molar-refractivity contribution in [3.8, 4) is 11.5 Å². The summed E-state index contributed by atoms with van der Waals surface area (Å²) in [4.78, 5) is 21.1. The molecule has 0 aromatic heterocycles. The topological polar surface area (TPSA) is 89.7 Å². The molecule has 6 nitrogen and oxygen atoms in total. The molecule has 0 amide bonds. The number of benzene rings is 2. The highest BCUT2D eigenvalue weighted by molar-refractivity contribution is 6.35. The molecule has 0 bridgehead atoms. The van der Waals surface area contributed by atoms with Crippen LogP contribution >= 0.6 is 23.2 Å². The van der Waals surface area contributed by atoms with Gasteiger partial charge in [0.05, 0.1) is 15.5 Å². The smallest absolute Gasteiger partial charge is 0.335 e. The summed E-state index contributed by atoms with van der Waals surface area (Å²) >= 11 is 11.7. The molecule has 0 saturated carbocycles. The van der Waals surface area contributed by atoms with E-state index in [0.717, 1.165) is 6.07 Å². The van der Waals surface area contributed by atoms with Crippen LogP contribution in [0.2, 0.25) is 10.0 Å². The third-order valence-electron chi connectivity index (χ3n) is 2.52. The third-order valence-corrected chi connectivity index (χ3v) is 3.05. The van der Waals surface area contributed by atoms with Crippen LogP contribution in [0.5, 0.6) is 11.5 Å². The molecule has 1 N–H and O–H groups in total. The van der Waals surface area contributed by atoms with Crippen molar-refractivity contribution in [1.82, 2.24) is 0 Å². The molecule has 0 aliphatic carbocycles. The van der Waals surface area contributed by atoms with Crippen molar-refractivity contribution in [2.45, 2.75) is 0 Å². The van der Waals surface area contributed by atoms with Gasteiger partial charge in [-0.2, -0.15) is 0 Å². The first-order valence-electron chi connectivity index (χ1n) is 5.53. The van der Waals surface area contributed by atoms with Crippen LogP contribution in [0.1, 0.15) is 10.4 Å². The molecule has 2 rings (SSSR count). The second-order valence-corrected chi connectivity index (χ2v) is 4.77. The van der Waals surface area contributed by atoms with Crippen LogP contribution in [-0.2, 0) is 0 Å². The van der Waals surface area contributed by atoms with Gasteiger partial charge in [0, 0.05) is 11.1 Å². The normalized spacial score (nSPS) is 10.2. The van der Waals surface area contributed by atoms with Crippen molar-refractivity contribution in [2.75, 3.05) is 0 Å². The van der Waals surface area contributed by atoms with Crippen molar-refractivity contribution < 1.29 is 19.6 Å². The number of hydrogen-bond donors (Lipinski definition) is 1. The van der Waals surface area contributed by atoms with Crippen LogP contribution in [0.3, 0.4) is 0 Å². The molecule has 0 aliphatic rings. The van der Waals surface area contributed by atoms with Crippen molar-refractivity contribution in [1.29, 1.82) is 0 Å². The third kappa shape index (κ3) is 3.42. The standard InChI is InChI=1S/C13H7Cl2NO5/c14-8-2-4-11(9(15)6-8)21-12-3-1-7(13(17)18)5-10(12)16(19)20/h1-6H,(H,17,18). The molecule has 0 saturated heterocycles. The average Bonchev–Trinajstić information content (AvgIpc) is 2.41. The van der Waals surface area contributed by atoms with Gasteiger partial charge in [-0.15, -0.1) is 0 Å². The summed E-state index contributed by atoms with van der Waals surface area (Å²) < 4.78 is 5.37. The van der Waals surface area contributed by atoms with Crippen LogP contribution < -0.4 is 4.74 Å². The maximum Gasteiger partial charge on any atom is 0.335 e. The Bertz CT molecular complexity index is 732. The summed E-state index contributed by atoms with van der Waals surface area (Å²) in [6, 6.07) is 7.72. The summed E-state index contributed by atoms with van der Waals surface area (Å²) in [6.07, 6.45) is 0. The number of halogens is 2. The van der Waals surface area contributed by atoms with E-state index in [1.807, 2.05) is 0 Å². The first kappa shape index (κ1) is 15.1. The molecule has 0 aliphatic heterocycles. The van der Waals surface area contributed by atoms with Crippen LogP contribution in [0.4, 0.5) is 5.69 Å². The molecular formula is C13H7Cl2NO5. The van der Waals surface area contributed by atoms with Gasteiger partial charge in [-0.05, 0) is 30.3 Å². The van der Waals surface area contributed by atoms with Gasteiger partial charge >= 0.3 is 11.7 Å². The summed E-state index contributed by atoms with van der Waals surface area (Å²) in [7, 11) is 0. The summed E-state index contributed by atoms with van der Waals surface area (Å²) in [5.41, 5.74) is -0.683. The number of nitro groups is 1. The van der Waals surface area contributed by atoms with E-state index >= 15 is 0 Å². The maximum absolute atomic E-state index is 11.0. The van der Waals surface area contributed by atoms with Crippen LogP contribution in [0.25, 0.3) is 0 Å². The second kappa shape index (κ2) is 5.99. The molecule has 2 aromatic carbocycles. The van der Waals surface area contributed by atoms with Gasteiger partial charge in [-0.3, -0.25) is 10.1 Å². The molecule has 0 unspecified atom stereocenters. The lowest BCUT2D eigenvalue weighted by Crippen LogP contribution is -2.00. The highest BCUT2D eigenvalue weighted by Crippen LogP contribution is 2.36. The zero-order chi connectivity index (χ0) is 15.6. The molecule has 0 heterocycles. The Morgan fingerprint density at radius 3 is 2.38 bits per heavy atom. The minimum absolute atomic E-state index is 0.116. The SMILES string of the molecule is O=C(O)c1ccc(Oc2ccc(Cl)cc2Cl)c([N+](=O)[O-])c1. The average molecular weight is 328 g/mol. The molecule has 0 atom stereocenters. The van der Waals surface area contributed by atoms with Crippen molar-refractivity contribution in [3.05, 3.63) is 62.1 Å². The van der Waals surface area contributed by atoms with Gasteiger partial charge in [-0.25, -0.2) is 4.79 Å². The van der Waals surface area contributed by atoms with E-state index in [4.69, 9.17) is 33.0 Å². The highest BCUT2D eigenvalue weighted by Gasteiger charge is 2.19. The van der Waals surface area contributed by atoms with Gasteiger partial charge in [0.25, 0.3) is 0 Å². The van der Waals surface area contributed by atoms with Gasteiger partial charge in [0.15, 0.2) is 0 Å². The predicted molar refractivity (Wildman–Crippen MR) is 76.6 cm³/mol. The van der Waals surface area contributed by atoms with Crippen LogP contribution in [-0.4, -0.2) is 16.0 Å². The molecule has 0 radical (unpaired) electrons. The number of nitro benzene ring substituents is 1. The second-order valence-electron chi connectivity index (χ2n) is 3.92. The van der Waals surface area contributed by atoms with Crippen molar-refractivity contribution >= 4 is 34.9 Å². The Morgan fingerprint density at radius 2 is 1.81 bits per heavy atom. The molecule has 0 spiro atoms. The Morgan fingerprint density at radius 1 is 1.14 bits per heavy atom. The van der Waals surface area contributed by atoms with Gasteiger partial charge in [-0.1, -0.05) is 23.2 Å². The first-order chi connectivity index (χ1) is 9.88. The minimum atomic E-state index is -1.27. The fraction of sp³-hybridized carbons (Fsp3) is 0. The van der Waals surface area contributed by atoms with Crippen molar-refractivity contribution in [3.63, 3.8) is 0 Å². The number of carbonyl (C=O) groups is 1. The number of rotatable bonds is 4. The number of aromatic carboxylic acids is 1. The summed E-state index contributed by atoms with van der Waals surface area (Å²) in [6.45, 7) is 0. The molecule has 8 heteroatoms. The largest absolute Gasteiger partial charge is 0.478 e. The van der Waals surface area contributed by atoms with E-state index in [1.54, 1.807) is 0 Å². The molecule has 0 fully saturated rings. The Kier molecular flexibility index (Phi) is 4.30. The summed E-state index contributed by atoms with van der Waals surface area (Å²) in [5.74, 6) is -1.21. The highest BCUT2D eigenvalue weighted by atomic mass is 35.5. The number of carboxylic acid groups (broad SMARTS) is 1.